The number of hydrogen-bond acceptors (Lipinski definition) is 1. The van der Waals surface area contributed by atoms with Crippen LogP contribution in [0.25, 0.3) is 0 Å². The third-order valence-corrected chi connectivity index (χ3v) is 2.05. The molecule has 2 atom stereocenters. The lowest BCUT2D eigenvalue weighted by Gasteiger charge is -2.30. The van der Waals surface area contributed by atoms with Crippen LogP contribution in [0.1, 0.15) is 0 Å². The molecule has 1 nitrogen and oxygen atoms in total. The van der Waals surface area contributed by atoms with E-state index < -0.39 is 50.3 Å². The Labute approximate surface area is 100 Å². The Kier molecular flexibility index (Phi) is 6.36. The first-order chi connectivity index (χ1) is 8.51. The van der Waals surface area contributed by atoms with Gasteiger partial charge < -0.3 is 4.74 Å². The molecule has 2 unspecified atom stereocenters. The van der Waals surface area contributed by atoms with Crippen LogP contribution in [0.5, 0.6) is 0 Å². The van der Waals surface area contributed by atoms with E-state index in [0.29, 0.717) is 0 Å². The van der Waals surface area contributed by atoms with Crippen molar-refractivity contribution in [3.05, 3.63) is 0 Å². The molecule has 0 aromatic rings. The summed E-state index contributed by atoms with van der Waals surface area (Å²) in [6.07, 6.45) is -15.9. The molecule has 0 saturated carbocycles. The van der Waals surface area contributed by atoms with Gasteiger partial charge in [0, 0.05) is 0 Å². The Morgan fingerprint density at radius 1 is 0.684 bits per heavy atom. The summed E-state index contributed by atoms with van der Waals surface area (Å²) in [5.41, 5.74) is 0. The van der Waals surface area contributed by atoms with Gasteiger partial charge >= 0.3 is 24.7 Å². The second-order valence-corrected chi connectivity index (χ2v) is 3.37. The predicted molar refractivity (Wildman–Crippen MR) is 42.5 cm³/mol. The molecule has 0 aliphatic rings. The first-order valence-electron chi connectivity index (χ1n) is 4.61. The van der Waals surface area contributed by atoms with Crippen LogP contribution in [0.15, 0.2) is 0 Å². The number of hydrogen-bond donors (Lipinski definition) is 0. The van der Waals surface area contributed by atoms with Gasteiger partial charge in [-0.1, -0.05) is 0 Å². The van der Waals surface area contributed by atoms with Gasteiger partial charge in [0.15, 0.2) is 12.2 Å². The van der Waals surface area contributed by atoms with Crippen LogP contribution in [-0.2, 0) is 4.74 Å². The Morgan fingerprint density at radius 3 is 1.11 bits per heavy atom. The summed E-state index contributed by atoms with van der Waals surface area (Å²) >= 11 is 0. The standard InChI is InChI=1S/C8H8F10O/c9-1-3(7(15,16)5(11)12)19-4(2-10)8(17,18)6(13)14/h3-6H,1-2H2. The second kappa shape index (κ2) is 6.62. The molecule has 0 aliphatic carbocycles. The Balaban J connectivity index is 5.05. The lowest BCUT2D eigenvalue weighted by Crippen LogP contribution is -2.51. The average molecular weight is 310 g/mol. The second-order valence-electron chi connectivity index (χ2n) is 3.37. The zero-order chi connectivity index (χ0) is 15.4. The van der Waals surface area contributed by atoms with Gasteiger partial charge in [-0.25, -0.2) is 26.3 Å². The molecule has 0 heterocycles. The molecule has 19 heavy (non-hydrogen) atoms. The third kappa shape index (κ3) is 4.11. The highest BCUT2D eigenvalue weighted by molar-refractivity contribution is 4.86. The minimum atomic E-state index is -5.22. The fraction of sp³-hybridized carbons (Fsp3) is 1.00. The molecule has 0 fully saturated rings. The molecule has 11 heteroatoms. The van der Waals surface area contributed by atoms with Crippen molar-refractivity contribution in [2.24, 2.45) is 0 Å². The summed E-state index contributed by atoms with van der Waals surface area (Å²) in [7, 11) is 0. The van der Waals surface area contributed by atoms with Crippen molar-refractivity contribution < 1.29 is 48.6 Å². The maximum atomic E-state index is 12.6. The van der Waals surface area contributed by atoms with Crippen molar-refractivity contribution in [2.75, 3.05) is 13.3 Å². The fourth-order valence-corrected chi connectivity index (χ4v) is 0.939. The maximum absolute atomic E-state index is 12.6. The molecule has 0 radical (unpaired) electrons. The first kappa shape index (κ1) is 18.3. The van der Waals surface area contributed by atoms with E-state index in [9.17, 15) is 43.9 Å². The molecule has 0 saturated heterocycles. The van der Waals surface area contributed by atoms with Crippen molar-refractivity contribution in [1.82, 2.24) is 0 Å². The minimum absolute atomic E-state index is 2.38. The summed E-state index contributed by atoms with van der Waals surface area (Å²) in [4.78, 5) is 0. The topological polar surface area (TPSA) is 9.23 Å². The molecule has 0 amide bonds. The van der Waals surface area contributed by atoms with Crippen molar-refractivity contribution in [3.63, 3.8) is 0 Å². The van der Waals surface area contributed by atoms with E-state index in [4.69, 9.17) is 0 Å². The van der Waals surface area contributed by atoms with Gasteiger partial charge in [-0.15, -0.1) is 0 Å². The highest BCUT2D eigenvalue weighted by Crippen LogP contribution is 2.35. The summed E-state index contributed by atoms with van der Waals surface area (Å²) in [5, 5.41) is 0. The van der Waals surface area contributed by atoms with Gasteiger partial charge in [0.1, 0.15) is 13.3 Å². The lowest BCUT2D eigenvalue weighted by molar-refractivity contribution is -0.272. The van der Waals surface area contributed by atoms with E-state index in [1.807, 2.05) is 0 Å². The first-order valence-corrected chi connectivity index (χ1v) is 4.61. The molecule has 0 spiro atoms. The van der Waals surface area contributed by atoms with E-state index in [1.54, 1.807) is 0 Å². The van der Waals surface area contributed by atoms with Crippen LogP contribution in [0.2, 0.25) is 0 Å². The molecule has 0 aromatic heterocycles. The number of halogens is 10. The SMILES string of the molecule is FCC(OC(CF)C(F)(F)C(F)F)C(F)(F)C(F)F. The van der Waals surface area contributed by atoms with E-state index in [2.05, 4.69) is 4.74 Å². The minimum Gasteiger partial charge on any atom is -0.356 e. The van der Waals surface area contributed by atoms with Gasteiger partial charge in [0.2, 0.25) is 0 Å². The third-order valence-electron chi connectivity index (χ3n) is 2.05. The Hall–Kier alpha value is -0.740. The molecule has 0 bridgehead atoms. The zero-order valence-corrected chi connectivity index (χ0v) is 8.91. The van der Waals surface area contributed by atoms with Crippen LogP contribution in [-0.4, -0.2) is 50.3 Å². The van der Waals surface area contributed by atoms with E-state index in [0.717, 1.165) is 0 Å². The van der Waals surface area contributed by atoms with Crippen LogP contribution in [0.3, 0.4) is 0 Å². The van der Waals surface area contributed by atoms with Crippen molar-refractivity contribution in [2.45, 2.75) is 36.9 Å². The number of rotatable bonds is 8. The van der Waals surface area contributed by atoms with E-state index in [1.165, 1.54) is 0 Å². The molecule has 0 rings (SSSR count). The smallest absolute Gasteiger partial charge is 0.335 e. The van der Waals surface area contributed by atoms with Gasteiger partial charge in [-0.3, -0.25) is 0 Å². The van der Waals surface area contributed by atoms with E-state index >= 15 is 0 Å². The fourth-order valence-electron chi connectivity index (χ4n) is 0.939. The molecular formula is C8H8F10O. The van der Waals surface area contributed by atoms with Gasteiger partial charge in [-0.2, -0.15) is 17.6 Å². The number of ether oxygens (including phenoxy) is 1. The Bertz CT molecular complexity index is 242. The van der Waals surface area contributed by atoms with Crippen molar-refractivity contribution in [1.29, 1.82) is 0 Å². The van der Waals surface area contributed by atoms with E-state index in [-0.39, 0.29) is 0 Å². The maximum Gasteiger partial charge on any atom is 0.335 e. The van der Waals surface area contributed by atoms with Crippen molar-refractivity contribution in [3.8, 4) is 0 Å². The molecule has 0 aromatic carbocycles. The largest absolute Gasteiger partial charge is 0.356 e. The van der Waals surface area contributed by atoms with Crippen LogP contribution < -0.4 is 0 Å². The number of alkyl halides is 10. The van der Waals surface area contributed by atoms with Gasteiger partial charge in [-0.05, 0) is 0 Å². The quantitative estimate of drug-likeness (QED) is 0.624. The van der Waals surface area contributed by atoms with Crippen molar-refractivity contribution >= 4 is 0 Å². The lowest BCUT2D eigenvalue weighted by atomic mass is 10.1. The summed E-state index contributed by atoms with van der Waals surface area (Å²) in [6, 6.07) is 0. The predicted octanol–water partition coefficient (Wildman–Crippen LogP) is 3.48. The zero-order valence-electron chi connectivity index (χ0n) is 8.91. The summed E-state index contributed by atoms with van der Waals surface area (Å²) in [6.45, 7) is -4.76. The molecule has 0 N–H and O–H groups in total. The van der Waals surface area contributed by atoms with Crippen LogP contribution in [0.4, 0.5) is 43.9 Å². The molecular weight excluding hydrogens is 302 g/mol. The van der Waals surface area contributed by atoms with Crippen LogP contribution >= 0.6 is 0 Å². The van der Waals surface area contributed by atoms with Gasteiger partial charge in [0.05, 0.1) is 0 Å². The summed E-state index contributed by atoms with van der Waals surface area (Å²) in [5.74, 6) is -10.4. The van der Waals surface area contributed by atoms with Gasteiger partial charge in [0.25, 0.3) is 0 Å². The summed E-state index contributed by atoms with van der Waals surface area (Å²) < 4.78 is 125. The Morgan fingerprint density at radius 2 is 0.947 bits per heavy atom. The molecule has 116 valence electrons. The highest BCUT2D eigenvalue weighted by Gasteiger charge is 2.56. The average Bonchev–Trinajstić information content (AvgIpc) is 2.29. The van der Waals surface area contributed by atoms with Crippen LogP contribution in [0, 0.1) is 0 Å². The molecule has 0 aliphatic heterocycles. The normalized spacial score (nSPS) is 17.1. The highest BCUT2D eigenvalue weighted by atomic mass is 19.3. The monoisotopic (exact) mass is 310 g/mol.